The summed E-state index contributed by atoms with van der Waals surface area (Å²) in [6.07, 6.45) is 4.03. The number of nitrogens with zero attached hydrogens (tertiary/aromatic N) is 4. The second-order valence-electron chi connectivity index (χ2n) is 7.62. The highest BCUT2D eigenvalue weighted by atomic mass is 35.5. The van der Waals surface area contributed by atoms with Crippen molar-refractivity contribution in [2.75, 3.05) is 18.9 Å². The second-order valence-corrected chi connectivity index (χ2v) is 9.00. The van der Waals surface area contributed by atoms with Gasteiger partial charge in [-0.15, -0.1) is 10.2 Å². The first-order valence-electron chi connectivity index (χ1n) is 10.9. The molecular formula is C23H25ClN4O4S. The second kappa shape index (κ2) is 10.9. The summed E-state index contributed by atoms with van der Waals surface area (Å²) < 4.78 is 12.6. The van der Waals surface area contributed by atoms with Gasteiger partial charge in [0, 0.05) is 17.1 Å². The van der Waals surface area contributed by atoms with Crippen molar-refractivity contribution in [1.29, 1.82) is 0 Å². The Kier molecular flexibility index (Phi) is 7.72. The first kappa shape index (κ1) is 23.4. The lowest BCUT2D eigenvalue weighted by molar-refractivity contribution is -0.155. The van der Waals surface area contributed by atoms with Crippen LogP contribution < -0.4 is 0 Å². The maximum absolute atomic E-state index is 13.0. The van der Waals surface area contributed by atoms with Crippen LogP contribution in [0.4, 0.5) is 0 Å². The zero-order valence-electron chi connectivity index (χ0n) is 18.3. The number of ether oxygens (including phenoxy) is 1. The lowest BCUT2D eigenvalue weighted by atomic mass is 10.0. The summed E-state index contributed by atoms with van der Waals surface area (Å²) in [5.74, 6) is 1.10. The zero-order valence-corrected chi connectivity index (χ0v) is 19.8. The van der Waals surface area contributed by atoms with E-state index in [0.717, 1.165) is 24.2 Å². The standard InChI is InChI=1S/C23H25ClN4O4S/c1-2-31-22(30)19-7-3-4-12-27(19)20(29)15-33-23-26-25-21(16-8-10-17(24)11-9-16)28(23)14-18-6-5-13-32-18/h5-6,8-11,13,19H,2-4,7,12,14-15H2,1H3/t19-/m1/s1. The lowest BCUT2D eigenvalue weighted by Crippen LogP contribution is -2.49. The minimum absolute atomic E-state index is 0.113. The summed E-state index contributed by atoms with van der Waals surface area (Å²) in [5, 5.41) is 9.92. The molecule has 174 valence electrons. The van der Waals surface area contributed by atoms with E-state index >= 15 is 0 Å². The molecule has 0 spiro atoms. The van der Waals surface area contributed by atoms with E-state index in [4.69, 9.17) is 20.8 Å². The highest BCUT2D eigenvalue weighted by molar-refractivity contribution is 7.99. The molecule has 0 aliphatic carbocycles. The van der Waals surface area contributed by atoms with E-state index in [9.17, 15) is 9.59 Å². The molecule has 10 heteroatoms. The minimum Gasteiger partial charge on any atom is -0.467 e. The van der Waals surface area contributed by atoms with Gasteiger partial charge >= 0.3 is 5.97 Å². The molecule has 3 heterocycles. The lowest BCUT2D eigenvalue weighted by Gasteiger charge is -2.33. The van der Waals surface area contributed by atoms with Gasteiger partial charge in [0.15, 0.2) is 11.0 Å². The highest BCUT2D eigenvalue weighted by Crippen LogP contribution is 2.27. The largest absolute Gasteiger partial charge is 0.467 e. The summed E-state index contributed by atoms with van der Waals surface area (Å²) in [4.78, 5) is 27.0. The van der Waals surface area contributed by atoms with E-state index in [-0.39, 0.29) is 17.6 Å². The minimum atomic E-state index is -0.516. The summed E-state index contributed by atoms with van der Waals surface area (Å²) in [7, 11) is 0. The predicted molar refractivity (Wildman–Crippen MR) is 125 cm³/mol. The Morgan fingerprint density at radius 2 is 2.03 bits per heavy atom. The maximum Gasteiger partial charge on any atom is 0.328 e. The average Bonchev–Trinajstić information content (AvgIpc) is 3.49. The molecule has 0 N–H and O–H groups in total. The predicted octanol–water partition coefficient (Wildman–Crippen LogP) is 4.28. The van der Waals surface area contributed by atoms with Gasteiger partial charge in [0.05, 0.1) is 25.2 Å². The molecule has 0 bridgehead atoms. The van der Waals surface area contributed by atoms with Gasteiger partial charge in [-0.3, -0.25) is 9.36 Å². The fourth-order valence-electron chi connectivity index (χ4n) is 3.83. The van der Waals surface area contributed by atoms with Gasteiger partial charge in [-0.2, -0.15) is 0 Å². The van der Waals surface area contributed by atoms with Crippen molar-refractivity contribution in [2.45, 2.75) is 43.9 Å². The molecule has 1 amide bonds. The molecule has 1 aliphatic rings. The van der Waals surface area contributed by atoms with Crippen LogP contribution in [-0.2, 0) is 20.9 Å². The van der Waals surface area contributed by atoms with Crippen molar-refractivity contribution in [3.05, 3.63) is 53.4 Å². The van der Waals surface area contributed by atoms with E-state index in [0.29, 0.717) is 42.1 Å². The number of carbonyl (C=O) groups excluding carboxylic acids is 2. The average molecular weight is 489 g/mol. The van der Waals surface area contributed by atoms with Crippen LogP contribution >= 0.6 is 23.4 Å². The summed E-state index contributed by atoms with van der Waals surface area (Å²) >= 11 is 7.33. The molecule has 33 heavy (non-hydrogen) atoms. The number of piperidine rings is 1. The molecule has 4 rings (SSSR count). The number of aromatic nitrogens is 3. The molecule has 0 saturated carbocycles. The number of esters is 1. The molecule has 0 radical (unpaired) electrons. The molecule has 1 fully saturated rings. The molecule has 1 atom stereocenters. The van der Waals surface area contributed by atoms with E-state index < -0.39 is 6.04 Å². The normalized spacial score (nSPS) is 16.1. The Labute approximate surface area is 201 Å². The van der Waals surface area contributed by atoms with Crippen LogP contribution in [0.25, 0.3) is 11.4 Å². The zero-order chi connectivity index (χ0) is 23.2. The SMILES string of the molecule is CCOC(=O)[C@H]1CCCCN1C(=O)CSc1nnc(-c2ccc(Cl)cc2)n1Cc1ccco1. The molecule has 1 aliphatic heterocycles. The smallest absolute Gasteiger partial charge is 0.328 e. The topological polar surface area (TPSA) is 90.5 Å². The molecule has 1 aromatic carbocycles. The van der Waals surface area contributed by atoms with Crippen molar-refractivity contribution in [2.24, 2.45) is 0 Å². The van der Waals surface area contributed by atoms with Gasteiger partial charge in [-0.05, 0) is 62.6 Å². The third-order valence-electron chi connectivity index (χ3n) is 5.42. The van der Waals surface area contributed by atoms with Crippen LogP contribution in [0.5, 0.6) is 0 Å². The van der Waals surface area contributed by atoms with Crippen molar-refractivity contribution in [3.8, 4) is 11.4 Å². The number of amides is 1. The van der Waals surface area contributed by atoms with Crippen LogP contribution in [0.15, 0.2) is 52.2 Å². The summed E-state index contributed by atoms with van der Waals surface area (Å²) in [6.45, 7) is 3.05. The number of benzene rings is 1. The van der Waals surface area contributed by atoms with Crippen molar-refractivity contribution in [3.63, 3.8) is 0 Å². The summed E-state index contributed by atoms with van der Waals surface area (Å²) in [6, 6.07) is 10.5. The summed E-state index contributed by atoms with van der Waals surface area (Å²) in [5.41, 5.74) is 0.857. The maximum atomic E-state index is 13.0. The van der Waals surface area contributed by atoms with Crippen molar-refractivity contribution >= 4 is 35.2 Å². The van der Waals surface area contributed by atoms with Crippen LogP contribution in [0.2, 0.25) is 5.02 Å². The number of furan rings is 1. The Morgan fingerprint density at radius 1 is 1.21 bits per heavy atom. The Hall–Kier alpha value is -2.78. The van der Waals surface area contributed by atoms with Crippen molar-refractivity contribution < 1.29 is 18.7 Å². The third kappa shape index (κ3) is 5.59. The van der Waals surface area contributed by atoms with Crippen LogP contribution in [0.3, 0.4) is 0 Å². The van der Waals surface area contributed by atoms with Gasteiger partial charge in [-0.1, -0.05) is 23.4 Å². The highest BCUT2D eigenvalue weighted by Gasteiger charge is 2.33. The third-order valence-corrected chi connectivity index (χ3v) is 6.62. The van der Waals surface area contributed by atoms with E-state index in [1.165, 1.54) is 11.8 Å². The number of halogens is 1. The monoisotopic (exact) mass is 488 g/mol. The fraction of sp³-hybridized carbons (Fsp3) is 0.391. The van der Waals surface area contributed by atoms with Gasteiger partial charge in [0.2, 0.25) is 5.91 Å². The van der Waals surface area contributed by atoms with Crippen LogP contribution in [0.1, 0.15) is 31.9 Å². The Balaban J connectivity index is 1.53. The first-order chi connectivity index (χ1) is 16.1. The van der Waals surface area contributed by atoms with E-state index in [1.54, 1.807) is 30.2 Å². The van der Waals surface area contributed by atoms with E-state index in [2.05, 4.69) is 10.2 Å². The van der Waals surface area contributed by atoms with E-state index in [1.807, 2.05) is 28.8 Å². The molecule has 3 aromatic rings. The molecule has 8 nitrogen and oxygen atoms in total. The number of hydrogen-bond acceptors (Lipinski definition) is 7. The van der Waals surface area contributed by atoms with Crippen LogP contribution in [0, 0.1) is 0 Å². The number of carbonyl (C=O) groups is 2. The molecule has 0 unspecified atom stereocenters. The number of likely N-dealkylation sites (tertiary alicyclic amines) is 1. The molecular weight excluding hydrogens is 464 g/mol. The Morgan fingerprint density at radius 3 is 2.76 bits per heavy atom. The first-order valence-corrected chi connectivity index (χ1v) is 12.2. The van der Waals surface area contributed by atoms with Crippen LogP contribution in [-0.4, -0.2) is 56.5 Å². The number of thioether (sulfide) groups is 1. The number of rotatable bonds is 8. The van der Waals surface area contributed by atoms with Gasteiger partial charge in [-0.25, -0.2) is 4.79 Å². The number of hydrogen-bond donors (Lipinski definition) is 0. The molecule has 2 aromatic heterocycles. The van der Waals surface area contributed by atoms with Crippen molar-refractivity contribution in [1.82, 2.24) is 19.7 Å². The molecule has 1 saturated heterocycles. The van der Waals surface area contributed by atoms with Gasteiger partial charge in [0.1, 0.15) is 11.8 Å². The Bertz CT molecular complexity index is 1080. The fourth-order valence-corrected chi connectivity index (χ4v) is 4.78. The van der Waals surface area contributed by atoms with Gasteiger partial charge < -0.3 is 14.1 Å². The quantitative estimate of drug-likeness (QED) is 0.345. The van der Waals surface area contributed by atoms with Gasteiger partial charge in [0.25, 0.3) is 0 Å².